The van der Waals surface area contributed by atoms with Crippen LogP contribution in [-0.4, -0.2) is 4.98 Å². The van der Waals surface area contributed by atoms with Crippen molar-refractivity contribution in [1.82, 2.24) is 4.98 Å². The molecular weight excluding hydrogens is 476 g/mol. The molecule has 0 fully saturated rings. The van der Waals surface area contributed by atoms with Crippen molar-refractivity contribution in [2.24, 2.45) is 0 Å². The van der Waals surface area contributed by atoms with Gasteiger partial charge >= 0.3 is 12.4 Å². The van der Waals surface area contributed by atoms with Crippen molar-refractivity contribution in [3.05, 3.63) is 114 Å². The van der Waals surface area contributed by atoms with Gasteiger partial charge in [-0.2, -0.15) is 26.3 Å². The number of aromatic nitrogens is 1. The van der Waals surface area contributed by atoms with E-state index >= 15 is 0 Å². The first kappa shape index (κ1) is 23.6. The van der Waals surface area contributed by atoms with Crippen molar-refractivity contribution in [2.45, 2.75) is 12.4 Å². The summed E-state index contributed by atoms with van der Waals surface area (Å²) in [5.74, 6) is 0. The second-order valence-electron chi connectivity index (χ2n) is 8.25. The molecule has 0 bridgehead atoms. The topological polar surface area (TPSA) is 12.9 Å². The third kappa shape index (κ3) is 4.44. The van der Waals surface area contributed by atoms with Crippen LogP contribution in [0.5, 0.6) is 0 Å². The van der Waals surface area contributed by atoms with Crippen LogP contribution >= 0.6 is 0 Å². The van der Waals surface area contributed by atoms with E-state index in [0.29, 0.717) is 22.2 Å². The lowest BCUT2D eigenvalue weighted by atomic mass is 9.87. The molecule has 5 rings (SSSR count). The zero-order valence-electron chi connectivity index (χ0n) is 18.5. The molecule has 0 saturated heterocycles. The van der Waals surface area contributed by atoms with Gasteiger partial charge in [0.1, 0.15) is 0 Å². The van der Waals surface area contributed by atoms with E-state index in [1.165, 1.54) is 0 Å². The van der Waals surface area contributed by atoms with Crippen molar-refractivity contribution in [3.8, 4) is 33.5 Å². The van der Waals surface area contributed by atoms with E-state index < -0.39 is 23.5 Å². The quantitative estimate of drug-likeness (QED) is 0.228. The lowest BCUT2D eigenvalue weighted by molar-refractivity contribution is -0.143. The Morgan fingerprint density at radius 1 is 0.472 bits per heavy atom. The molecule has 0 atom stereocenters. The van der Waals surface area contributed by atoms with Gasteiger partial charge in [-0.25, -0.2) is 4.98 Å². The molecule has 0 saturated carbocycles. The van der Waals surface area contributed by atoms with Crippen LogP contribution in [0.1, 0.15) is 11.1 Å². The van der Waals surface area contributed by atoms with E-state index in [4.69, 9.17) is 0 Å². The predicted octanol–water partition coefficient (Wildman–Crippen LogP) is 9.27. The summed E-state index contributed by atoms with van der Waals surface area (Å²) in [6.45, 7) is 0. The second kappa shape index (κ2) is 8.82. The van der Waals surface area contributed by atoms with Gasteiger partial charge in [0.25, 0.3) is 0 Å². The van der Waals surface area contributed by atoms with Crippen LogP contribution < -0.4 is 0 Å². The van der Waals surface area contributed by atoms with Gasteiger partial charge in [-0.1, -0.05) is 78.9 Å². The molecule has 36 heavy (non-hydrogen) atoms. The maximum Gasteiger partial charge on any atom is 0.416 e. The Balaban J connectivity index is 1.96. The number of nitrogens with zero attached hydrogens (tertiary/aromatic N) is 1. The van der Waals surface area contributed by atoms with E-state index in [1.807, 2.05) is 42.5 Å². The van der Waals surface area contributed by atoms with Crippen LogP contribution in [0.25, 0.3) is 44.4 Å². The van der Waals surface area contributed by atoms with Crippen LogP contribution in [-0.2, 0) is 12.4 Å². The summed E-state index contributed by atoms with van der Waals surface area (Å²) in [6.07, 6.45) is -9.94. The van der Waals surface area contributed by atoms with Gasteiger partial charge < -0.3 is 0 Å². The molecule has 0 radical (unpaired) electrons. The minimum absolute atomic E-state index is 0.0374. The van der Waals surface area contributed by atoms with Gasteiger partial charge in [0, 0.05) is 22.1 Å². The fraction of sp³-hybridized carbons (Fsp3) is 0.0690. The van der Waals surface area contributed by atoms with Gasteiger partial charge in [0.05, 0.1) is 22.3 Å². The molecule has 0 aliphatic carbocycles. The number of hydrogen-bond donors (Lipinski definition) is 0. The monoisotopic (exact) mass is 493 g/mol. The van der Waals surface area contributed by atoms with Crippen LogP contribution in [0.15, 0.2) is 103 Å². The molecule has 5 aromatic rings. The van der Waals surface area contributed by atoms with Crippen molar-refractivity contribution in [1.29, 1.82) is 0 Å². The number of fused-ring (bicyclic) bond motifs is 1. The van der Waals surface area contributed by atoms with E-state index in [2.05, 4.69) is 4.98 Å². The van der Waals surface area contributed by atoms with Crippen molar-refractivity contribution in [2.75, 3.05) is 0 Å². The molecule has 1 heterocycles. The Hall–Kier alpha value is -4.13. The van der Waals surface area contributed by atoms with Gasteiger partial charge in [0.15, 0.2) is 0 Å². The number of pyridine rings is 1. The van der Waals surface area contributed by atoms with Crippen molar-refractivity contribution < 1.29 is 26.3 Å². The van der Waals surface area contributed by atoms with Gasteiger partial charge in [-0.15, -0.1) is 0 Å². The number of alkyl halides is 6. The van der Waals surface area contributed by atoms with Crippen molar-refractivity contribution in [3.63, 3.8) is 0 Å². The molecule has 0 spiro atoms. The molecule has 0 unspecified atom stereocenters. The molecule has 0 aliphatic rings. The molecule has 1 aromatic heterocycles. The summed E-state index contributed by atoms with van der Waals surface area (Å²) in [6, 6.07) is 26.7. The highest BCUT2D eigenvalue weighted by atomic mass is 19.4. The number of hydrogen-bond acceptors (Lipinski definition) is 1. The number of halogens is 6. The second-order valence-corrected chi connectivity index (χ2v) is 8.25. The zero-order valence-corrected chi connectivity index (χ0v) is 18.5. The smallest absolute Gasteiger partial charge is 0.247 e. The molecule has 180 valence electrons. The van der Waals surface area contributed by atoms with Crippen LogP contribution in [0.2, 0.25) is 0 Å². The average molecular weight is 493 g/mol. The first-order chi connectivity index (χ1) is 17.1. The number of benzene rings is 4. The fourth-order valence-corrected chi connectivity index (χ4v) is 4.30. The highest BCUT2D eigenvalue weighted by molar-refractivity contribution is 6.07. The highest BCUT2D eigenvalue weighted by Crippen LogP contribution is 2.45. The first-order valence-corrected chi connectivity index (χ1v) is 11.0. The minimum atomic E-state index is -4.97. The fourth-order valence-electron chi connectivity index (χ4n) is 4.30. The SMILES string of the molecule is FC(F)(F)c1cc(-c2nc3ccccc3c(-c3ccccc3)c2-c2ccccc2)cc(C(F)(F)F)c1. The third-order valence-electron chi connectivity index (χ3n) is 5.88. The Bertz CT molecular complexity index is 1510. The molecule has 0 N–H and O–H groups in total. The van der Waals surface area contributed by atoms with Gasteiger partial charge in [0.2, 0.25) is 0 Å². The van der Waals surface area contributed by atoms with Crippen LogP contribution in [0, 0.1) is 0 Å². The van der Waals surface area contributed by atoms with E-state index in [1.54, 1.807) is 42.5 Å². The molecule has 0 aliphatic heterocycles. The summed E-state index contributed by atoms with van der Waals surface area (Å²) in [4.78, 5) is 4.62. The first-order valence-electron chi connectivity index (χ1n) is 11.0. The summed E-state index contributed by atoms with van der Waals surface area (Å²) in [7, 11) is 0. The molecular formula is C29H17F6N. The molecule has 1 nitrogen and oxygen atoms in total. The standard InChI is InChI=1S/C29H17F6N/c30-28(31,32)21-15-20(16-22(17-21)29(33,34)35)27-26(19-11-5-2-6-12-19)25(18-9-3-1-4-10-18)23-13-7-8-14-24(23)36-27/h1-17H. The van der Waals surface area contributed by atoms with Crippen LogP contribution in [0.4, 0.5) is 26.3 Å². The Morgan fingerprint density at radius 3 is 1.47 bits per heavy atom. The lowest BCUT2D eigenvalue weighted by Gasteiger charge is -2.20. The lowest BCUT2D eigenvalue weighted by Crippen LogP contribution is -2.11. The maximum absolute atomic E-state index is 13.7. The summed E-state index contributed by atoms with van der Waals surface area (Å²) in [5.41, 5.74) is -0.0347. The zero-order chi connectivity index (χ0) is 25.5. The third-order valence-corrected chi connectivity index (χ3v) is 5.88. The average Bonchev–Trinajstić information content (AvgIpc) is 2.87. The van der Waals surface area contributed by atoms with E-state index in [-0.39, 0.29) is 17.3 Å². The Morgan fingerprint density at radius 2 is 0.944 bits per heavy atom. The van der Waals surface area contributed by atoms with Gasteiger partial charge in [-0.05, 0) is 35.4 Å². The summed E-state index contributed by atoms with van der Waals surface area (Å²) in [5, 5.41) is 0.731. The van der Waals surface area contributed by atoms with Gasteiger partial charge in [-0.3, -0.25) is 0 Å². The number of para-hydroxylation sites is 1. The number of rotatable bonds is 3. The predicted molar refractivity (Wildman–Crippen MR) is 128 cm³/mol. The van der Waals surface area contributed by atoms with Crippen molar-refractivity contribution >= 4 is 10.9 Å². The largest absolute Gasteiger partial charge is 0.416 e. The summed E-state index contributed by atoms with van der Waals surface area (Å²) < 4.78 is 82.1. The van der Waals surface area contributed by atoms with E-state index in [9.17, 15) is 26.3 Å². The molecule has 4 aromatic carbocycles. The normalized spacial score (nSPS) is 12.2. The Labute approximate surface area is 202 Å². The minimum Gasteiger partial charge on any atom is -0.247 e. The molecule has 7 heteroatoms. The van der Waals surface area contributed by atoms with E-state index in [0.717, 1.165) is 23.1 Å². The Kier molecular flexibility index (Phi) is 5.79. The summed E-state index contributed by atoms with van der Waals surface area (Å²) >= 11 is 0. The maximum atomic E-state index is 13.7. The molecule has 0 amide bonds. The van der Waals surface area contributed by atoms with Crippen LogP contribution in [0.3, 0.4) is 0 Å². The highest BCUT2D eigenvalue weighted by Gasteiger charge is 2.37.